The summed E-state index contributed by atoms with van der Waals surface area (Å²) in [7, 11) is 5.00. The van der Waals surface area contributed by atoms with Gasteiger partial charge in [-0.25, -0.2) is 9.78 Å². The summed E-state index contributed by atoms with van der Waals surface area (Å²) in [5.41, 5.74) is 0.331. The number of hydrogen-bond donors (Lipinski definition) is 1. The first-order valence-electron chi connectivity index (χ1n) is 8.09. The summed E-state index contributed by atoms with van der Waals surface area (Å²) in [5.74, 6) is 0.973. The third-order valence-electron chi connectivity index (χ3n) is 4.68. The molecule has 0 aromatic carbocycles. The van der Waals surface area contributed by atoms with Gasteiger partial charge in [0.05, 0.1) is 25.4 Å². The van der Waals surface area contributed by atoms with Crippen LogP contribution in [0, 0.1) is 0 Å². The van der Waals surface area contributed by atoms with E-state index in [0.717, 1.165) is 22.0 Å². The number of likely N-dealkylation sites (tertiary alicyclic amines) is 1. The molecule has 1 N–H and O–H groups in total. The van der Waals surface area contributed by atoms with E-state index in [1.807, 2.05) is 11.6 Å². The van der Waals surface area contributed by atoms with Crippen LogP contribution in [-0.2, 0) is 21.1 Å². The average Bonchev–Trinajstić information content (AvgIpc) is 2.89. The Bertz CT molecular complexity index is 829. The lowest BCUT2D eigenvalue weighted by Crippen LogP contribution is -3.13. The van der Waals surface area contributed by atoms with Crippen LogP contribution in [0.1, 0.15) is 19.3 Å². The van der Waals surface area contributed by atoms with Crippen molar-refractivity contribution in [2.24, 2.45) is 21.1 Å². The van der Waals surface area contributed by atoms with Crippen molar-refractivity contribution >= 4 is 22.9 Å². The van der Waals surface area contributed by atoms with E-state index in [0.29, 0.717) is 11.2 Å². The molecule has 2 aromatic heterocycles. The predicted molar refractivity (Wildman–Crippen MR) is 91.3 cm³/mol. The Morgan fingerprint density at radius 1 is 1.04 bits per heavy atom. The van der Waals surface area contributed by atoms with E-state index in [-0.39, 0.29) is 11.2 Å². The number of nitrogens with one attached hydrogen (secondary N) is 1. The Morgan fingerprint density at radius 2 is 1.74 bits per heavy atom. The highest BCUT2D eigenvalue weighted by Crippen LogP contribution is 2.19. The summed E-state index contributed by atoms with van der Waals surface area (Å²) >= 11 is 1.66. The van der Waals surface area contributed by atoms with Gasteiger partial charge in [0.25, 0.3) is 5.56 Å². The van der Waals surface area contributed by atoms with Gasteiger partial charge in [0, 0.05) is 21.1 Å². The molecule has 0 unspecified atom stereocenters. The van der Waals surface area contributed by atoms with E-state index < -0.39 is 0 Å². The van der Waals surface area contributed by atoms with E-state index in [2.05, 4.69) is 4.98 Å². The number of quaternary nitrogens is 1. The molecule has 0 atom stereocenters. The molecular weight excluding hydrogens is 314 g/mol. The molecule has 23 heavy (non-hydrogen) atoms. The standard InChI is InChI=1S/C15H23N5O2S/c1-17-11-12(18(2)15(22)19(3)13(11)21)16-14(17)23-10-9-20-7-5-4-6-8-20/h4-10H2,1-3H3/p+1. The van der Waals surface area contributed by atoms with Gasteiger partial charge in [0.2, 0.25) is 0 Å². The molecule has 126 valence electrons. The smallest absolute Gasteiger partial charge is 0.332 e. The van der Waals surface area contributed by atoms with Crippen molar-refractivity contribution in [1.82, 2.24) is 18.7 Å². The molecule has 8 heteroatoms. The van der Waals surface area contributed by atoms with Crippen molar-refractivity contribution in [3.05, 3.63) is 20.8 Å². The van der Waals surface area contributed by atoms with Gasteiger partial charge >= 0.3 is 5.69 Å². The zero-order valence-corrected chi connectivity index (χ0v) is 14.8. The summed E-state index contributed by atoms with van der Waals surface area (Å²) in [6.45, 7) is 3.64. The highest BCUT2D eigenvalue weighted by atomic mass is 32.2. The highest BCUT2D eigenvalue weighted by Gasteiger charge is 2.18. The van der Waals surface area contributed by atoms with Gasteiger partial charge in [-0.15, -0.1) is 0 Å². The number of aryl methyl sites for hydroxylation is 2. The van der Waals surface area contributed by atoms with Gasteiger partial charge < -0.3 is 9.47 Å². The fourth-order valence-corrected chi connectivity index (χ4v) is 4.23. The molecule has 0 radical (unpaired) electrons. The van der Waals surface area contributed by atoms with Crippen LogP contribution in [-0.4, -0.2) is 44.1 Å². The molecular formula is C15H24N5O2S+. The second-order valence-corrected chi connectivity index (χ2v) is 7.30. The maximum absolute atomic E-state index is 12.3. The van der Waals surface area contributed by atoms with Gasteiger partial charge in [-0.05, 0) is 19.3 Å². The molecule has 0 saturated carbocycles. The van der Waals surface area contributed by atoms with E-state index >= 15 is 0 Å². The predicted octanol–water partition coefficient (Wildman–Crippen LogP) is -0.868. The minimum atomic E-state index is -0.338. The number of piperidine rings is 1. The van der Waals surface area contributed by atoms with Crippen molar-refractivity contribution in [2.75, 3.05) is 25.4 Å². The van der Waals surface area contributed by atoms with Crippen LogP contribution in [0.3, 0.4) is 0 Å². The third kappa shape index (κ3) is 2.97. The lowest BCUT2D eigenvalue weighted by atomic mass is 10.1. The van der Waals surface area contributed by atoms with E-state index in [4.69, 9.17) is 0 Å². The molecule has 3 rings (SSSR count). The van der Waals surface area contributed by atoms with Crippen molar-refractivity contribution in [2.45, 2.75) is 24.4 Å². The minimum absolute atomic E-state index is 0.286. The molecule has 0 amide bonds. The van der Waals surface area contributed by atoms with Gasteiger partial charge in [0.15, 0.2) is 16.3 Å². The average molecular weight is 338 g/mol. The van der Waals surface area contributed by atoms with E-state index in [1.54, 1.807) is 23.7 Å². The molecule has 7 nitrogen and oxygen atoms in total. The second kappa shape index (κ2) is 6.52. The first-order chi connectivity index (χ1) is 11.0. The Balaban J connectivity index is 1.83. The largest absolute Gasteiger partial charge is 0.334 e. The Hall–Kier alpha value is -1.54. The van der Waals surface area contributed by atoms with Crippen LogP contribution in [0.25, 0.3) is 11.2 Å². The SMILES string of the molecule is Cn1c(=O)c2c(nc(SCC[NH+]3CCCCC3)n2C)n(C)c1=O. The van der Waals surface area contributed by atoms with Gasteiger partial charge in [-0.1, -0.05) is 11.8 Å². The summed E-state index contributed by atoms with van der Waals surface area (Å²) in [6, 6.07) is 0. The summed E-state index contributed by atoms with van der Waals surface area (Å²) in [5, 5.41) is 0.801. The van der Waals surface area contributed by atoms with Crippen LogP contribution in [0.5, 0.6) is 0 Å². The molecule has 0 spiro atoms. The number of imidazole rings is 1. The quantitative estimate of drug-likeness (QED) is 0.736. The Labute approximate surface area is 138 Å². The van der Waals surface area contributed by atoms with Crippen molar-refractivity contribution in [1.29, 1.82) is 0 Å². The van der Waals surface area contributed by atoms with Gasteiger partial charge in [-0.3, -0.25) is 13.9 Å². The monoisotopic (exact) mass is 338 g/mol. The molecule has 0 aliphatic carbocycles. The zero-order chi connectivity index (χ0) is 16.6. The Kier molecular flexibility index (Phi) is 4.63. The summed E-state index contributed by atoms with van der Waals surface area (Å²) in [6.07, 6.45) is 4.01. The van der Waals surface area contributed by atoms with Gasteiger partial charge in [0.1, 0.15) is 0 Å². The topological polar surface area (TPSA) is 66.3 Å². The molecule has 1 aliphatic heterocycles. The minimum Gasteiger partial charge on any atom is -0.334 e. The fraction of sp³-hybridized carbons (Fsp3) is 0.667. The van der Waals surface area contributed by atoms with Crippen molar-refractivity contribution in [3.8, 4) is 0 Å². The van der Waals surface area contributed by atoms with Crippen LogP contribution in [0.4, 0.5) is 0 Å². The number of fused-ring (bicyclic) bond motifs is 1. The number of nitrogens with zero attached hydrogens (tertiary/aromatic N) is 4. The third-order valence-corrected chi connectivity index (χ3v) is 5.71. The van der Waals surface area contributed by atoms with Crippen LogP contribution < -0.4 is 16.1 Å². The van der Waals surface area contributed by atoms with Crippen LogP contribution >= 0.6 is 11.8 Å². The van der Waals surface area contributed by atoms with Crippen molar-refractivity contribution < 1.29 is 4.90 Å². The molecule has 1 fully saturated rings. The van der Waals surface area contributed by atoms with E-state index in [9.17, 15) is 9.59 Å². The Morgan fingerprint density at radius 3 is 2.43 bits per heavy atom. The number of rotatable bonds is 4. The molecule has 2 aromatic rings. The molecule has 1 saturated heterocycles. The normalized spacial score (nSPS) is 16.3. The van der Waals surface area contributed by atoms with Crippen LogP contribution in [0.15, 0.2) is 14.7 Å². The molecule has 3 heterocycles. The van der Waals surface area contributed by atoms with Gasteiger partial charge in [-0.2, -0.15) is 0 Å². The van der Waals surface area contributed by atoms with Crippen molar-refractivity contribution in [3.63, 3.8) is 0 Å². The van der Waals surface area contributed by atoms with E-state index in [1.165, 1.54) is 44.0 Å². The lowest BCUT2D eigenvalue weighted by molar-refractivity contribution is -0.902. The highest BCUT2D eigenvalue weighted by molar-refractivity contribution is 7.99. The number of thioether (sulfide) groups is 1. The molecule has 1 aliphatic rings. The first kappa shape index (κ1) is 16.3. The zero-order valence-electron chi connectivity index (χ0n) is 14.0. The second-order valence-electron chi connectivity index (χ2n) is 6.24. The van der Waals surface area contributed by atoms with Crippen LogP contribution in [0.2, 0.25) is 0 Å². The first-order valence-corrected chi connectivity index (χ1v) is 9.08. The summed E-state index contributed by atoms with van der Waals surface area (Å²) < 4.78 is 4.39. The summed E-state index contributed by atoms with van der Waals surface area (Å²) in [4.78, 5) is 30.5. The lowest BCUT2D eigenvalue weighted by Gasteiger charge is -2.23. The number of hydrogen-bond acceptors (Lipinski definition) is 4. The number of aromatic nitrogens is 4. The maximum atomic E-state index is 12.3. The maximum Gasteiger partial charge on any atom is 0.332 e. The fourth-order valence-electron chi connectivity index (χ4n) is 3.22. The molecule has 0 bridgehead atoms.